The van der Waals surface area contributed by atoms with E-state index in [4.69, 9.17) is 10.2 Å². The molecular formula is C9H15N3O. The number of nitrogens with two attached hydrogens (primary N) is 1. The Morgan fingerprint density at radius 2 is 2.38 bits per heavy atom. The van der Waals surface area contributed by atoms with Gasteiger partial charge in [0.05, 0.1) is 0 Å². The predicted molar refractivity (Wildman–Crippen MR) is 51.7 cm³/mol. The Hall–Kier alpha value is -1.32. The van der Waals surface area contributed by atoms with Crippen molar-refractivity contribution in [2.45, 2.75) is 20.8 Å². The molecule has 1 rings (SSSR count). The van der Waals surface area contributed by atoms with Crippen molar-refractivity contribution in [2.75, 3.05) is 6.54 Å². The molecule has 0 spiro atoms. The molecule has 1 aromatic heterocycles. The van der Waals surface area contributed by atoms with Crippen molar-refractivity contribution < 1.29 is 4.42 Å². The standard InChI is InChI=1S/C9H15N3O/c1-6(2)4-11-9(10)8-5-13-7(3)12-8/h5-6H,4H2,1-3H3,(H2,10,11). The molecule has 0 amide bonds. The number of aliphatic imine (C=N–C) groups is 1. The van der Waals surface area contributed by atoms with Gasteiger partial charge in [0.25, 0.3) is 0 Å². The number of hydrogen-bond donors (Lipinski definition) is 1. The molecule has 0 saturated carbocycles. The molecule has 4 heteroatoms. The second-order valence-electron chi connectivity index (χ2n) is 3.37. The summed E-state index contributed by atoms with van der Waals surface area (Å²) in [6.07, 6.45) is 1.52. The lowest BCUT2D eigenvalue weighted by Gasteiger charge is -1.99. The Morgan fingerprint density at radius 3 is 2.85 bits per heavy atom. The van der Waals surface area contributed by atoms with Crippen LogP contribution in [-0.4, -0.2) is 17.4 Å². The zero-order valence-electron chi connectivity index (χ0n) is 8.24. The fraction of sp³-hybridized carbons (Fsp3) is 0.556. The first-order valence-corrected chi connectivity index (χ1v) is 4.32. The molecule has 0 fully saturated rings. The Labute approximate surface area is 77.9 Å². The monoisotopic (exact) mass is 181 g/mol. The Kier molecular flexibility index (Phi) is 3.06. The lowest BCUT2D eigenvalue weighted by Crippen LogP contribution is -2.15. The van der Waals surface area contributed by atoms with Crippen molar-refractivity contribution in [3.8, 4) is 0 Å². The number of amidine groups is 1. The fourth-order valence-electron chi connectivity index (χ4n) is 0.843. The van der Waals surface area contributed by atoms with E-state index in [1.807, 2.05) is 0 Å². The topological polar surface area (TPSA) is 64.4 Å². The summed E-state index contributed by atoms with van der Waals surface area (Å²) in [5.41, 5.74) is 6.31. The molecule has 1 heterocycles. The van der Waals surface area contributed by atoms with Crippen LogP contribution in [0, 0.1) is 12.8 Å². The summed E-state index contributed by atoms with van der Waals surface area (Å²) in [7, 11) is 0. The van der Waals surface area contributed by atoms with E-state index in [9.17, 15) is 0 Å². The molecule has 72 valence electrons. The number of nitrogens with zero attached hydrogens (tertiary/aromatic N) is 2. The minimum absolute atomic E-state index is 0.450. The van der Waals surface area contributed by atoms with Gasteiger partial charge in [-0.15, -0.1) is 0 Å². The van der Waals surface area contributed by atoms with Crippen molar-refractivity contribution in [2.24, 2.45) is 16.6 Å². The molecule has 1 aromatic rings. The molecule has 2 N–H and O–H groups in total. The van der Waals surface area contributed by atoms with Gasteiger partial charge < -0.3 is 10.2 Å². The molecule has 13 heavy (non-hydrogen) atoms. The molecule has 0 aliphatic rings. The van der Waals surface area contributed by atoms with Crippen molar-refractivity contribution in [1.29, 1.82) is 0 Å². The summed E-state index contributed by atoms with van der Waals surface area (Å²) < 4.78 is 5.02. The number of hydrogen-bond acceptors (Lipinski definition) is 3. The lowest BCUT2D eigenvalue weighted by atomic mass is 10.2. The summed E-state index contributed by atoms with van der Waals surface area (Å²) in [6, 6.07) is 0. The van der Waals surface area contributed by atoms with E-state index in [2.05, 4.69) is 23.8 Å². The van der Waals surface area contributed by atoms with Crippen LogP contribution in [0.3, 0.4) is 0 Å². The average molecular weight is 181 g/mol. The second kappa shape index (κ2) is 4.07. The first kappa shape index (κ1) is 9.77. The van der Waals surface area contributed by atoms with E-state index < -0.39 is 0 Å². The summed E-state index contributed by atoms with van der Waals surface area (Å²) in [6.45, 7) is 6.67. The maximum atomic E-state index is 5.68. The summed E-state index contributed by atoms with van der Waals surface area (Å²) >= 11 is 0. The zero-order chi connectivity index (χ0) is 9.84. The van der Waals surface area contributed by atoms with Crippen molar-refractivity contribution in [3.05, 3.63) is 17.8 Å². The molecule has 0 aliphatic carbocycles. The molecule has 0 aliphatic heterocycles. The summed E-state index contributed by atoms with van der Waals surface area (Å²) in [5, 5.41) is 0. The number of aromatic nitrogens is 1. The third kappa shape index (κ3) is 2.89. The van der Waals surface area contributed by atoms with Crippen LogP contribution in [0.15, 0.2) is 15.7 Å². The largest absolute Gasteiger partial charge is 0.449 e. The smallest absolute Gasteiger partial charge is 0.191 e. The highest BCUT2D eigenvalue weighted by atomic mass is 16.3. The molecular weight excluding hydrogens is 166 g/mol. The van der Waals surface area contributed by atoms with Crippen molar-refractivity contribution in [3.63, 3.8) is 0 Å². The highest BCUT2D eigenvalue weighted by Crippen LogP contribution is 2.00. The molecule has 4 nitrogen and oxygen atoms in total. The van der Waals surface area contributed by atoms with Gasteiger partial charge in [0.2, 0.25) is 0 Å². The van der Waals surface area contributed by atoms with Crippen LogP contribution >= 0.6 is 0 Å². The predicted octanol–water partition coefficient (Wildman–Crippen LogP) is 1.34. The summed E-state index contributed by atoms with van der Waals surface area (Å²) in [4.78, 5) is 8.25. The average Bonchev–Trinajstić information content (AvgIpc) is 2.47. The normalized spacial score (nSPS) is 12.5. The van der Waals surface area contributed by atoms with E-state index in [0.29, 0.717) is 23.3 Å². The van der Waals surface area contributed by atoms with Gasteiger partial charge in [0.15, 0.2) is 5.89 Å². The zero-order valence-corrected chi connectivity index (χ0v) is 8.24. The van der Waals surface area contributed by atoms with Crippen LogP contribution in [0.1, 0.15) is 25.4 Å². The lowest BCUT2D eigenvalue weighted by molar-refractivity contribution is 0.521. The van der Waals surface area contributed by atoms with Gasteiger partial charge in [0.1, 0.15) is 17.8 Å². The Morgan fingerprint density at radius 1 is 1.69 bits per heavy atom. The first-order valence-electron chi connectivity index (χ1n) is 4.32. The van der Waals surface area contributed by atoms with Gasteiger partial charge in [0, 0.05) is 13.5 Å². The van der Waals surface area contributed by atoms with Gasteiger partial charge in [-0.3, -0.25) is 4.99 Å². The SMILES string of the molecule is Cc1nc(C(N)=NCC(C)C)co1. The highest BCUT2D eigenvalue weighted by molar-refractivity contribution is 5.95. The van der Waals surface area contributed by atoms with Crippen LogP contribution < -0.4 is 5.73 Å². The van der Waals surface area contributed by atoms with Gasteiger partial charge in [-0.2, -0.15) is 0 Å². The number of rotatable bonds is 3. The Bertz CT molecular complexity index is 302. The molecule has 0 aromatic carbocycles. The maximum absolute atomic E-state index is 5.68. The summed E-state index contributed by atoms with van der Waals surface area (Å²) in [5.74, 6) is 1.56. The third-order valence-electron chi connectivity index (χ3n) is 1.51. The van der Waals surface area contributed by atoms with Crippen LogP contribution in [-0.2, 0) is 0 Å². The molecule has 0 unspecified atom stereocenters. The highest BCUT2D eigenvalue weighted by Gasteiger charge is 2.03. The van der Waals surface area contributed by atoms with E-state index in [1.165, 1.54) is 6.26 Å². The first-order chi connectivity index (χ1) is 6.09. The number of oxazole rings is 1. The molecule has 0 radical (unpaired) electrons. The third-order valence-corrected chi connectivity index (χ3v) is 1.51. The molecule has 0 saturated heterocycles. The van der Waals surface area contributed by atoms with E-state index >= 15 is 0 Å². The molecule has 0 atom stereocenters. The molecule has 0 bridgehead atoms. The second-order valence-corrected chi connectivity index (χ2v) is 3.37. The fourth-order valence-corrected chi connectivity index (χ4v) is 0.843. The van der Waals surface area contributed by atoms with E-state index in [0.717, 1.165) is 6.54 Å². The van der Waals surface area contributed by atoms with Crippen LogP contribution in [0.5, 0.6) is 0 Å². The van der Waals surface area contributed by atoms with Gasteiger partial charge in [-0.25, -0.2) is 4.98 Å². The minimum atomic E-state index is 0.450. The maximum Gasteiger partial charge on any atom is 0.191 e. The van der Waals surface area contributed by atoms with Crippen molar-refractivity contribution >= 4 is 5.84 Å². The van der Waals surface area contributed by atoms with Crippen LogP contribution in [0.4, 0.5) is 0 Å². The van der Waals surface area contributed by atoms with E-state index in [-0.39, 0.29) is 0 Å². The van der Waals surface area contributed by atoms with Crippen LogP contribution in [0.25, 0.3) is 0 Å². The van der Waals surface area contributed by atoms with E-state index in [1.54, 1.807) is 6.92 Å². The number of aryl methyl sites for hydroxylation is 1. The van der Waals surface area contributed by atoms with Crippen LogP contribution in [0.2, 0.25) is 0 Å². The van der Waals surface area contributed by atoms with Gasteiger partial charge >= 0.3 is 0 Å². The van der Waals surface area contributed by atoms with Gasteiger partial charge in [-0.1, -0.05) is 13.8 Å². The Balaban J connectivity index is 2.67. The van der Waals surface area contributed by atoms with Gasteiger partial charge in [-0.05, 0) is 5.92 Å². The van der Waals surface area contributed by atoms with Crippen molar-refractivity contribution in [1.82, 2.24) is 4.98 Å². The quantitative estimate of drug-likeness (QED) is 0.565. The minimum Gasteiger partial charge on any atom is -0.449 e.